The van der Waals surface area contributed by atoms with Crippen molar-refractivity contribution in [2.45, 2.75) is 13.3 Å². The van der Waals surface area contributed by atoms with Crippen molar-refractivity contribution in [3.63, 3.8) is 0 Å². The van der Waals surface area contributed by atoms with Crippen LogP contribution in [0.3, 0.4) is 0 Å². The van der Waals surface area contributed by atoms with E-state index in [-0.39, 0.29) is 24.8 Å². The SMILES string of the molecule is CC(=O)N(CCC(=O)Nc1ccccc1C#N)c1ccccc1Br. The first-order valence-corrected chi connectivity index (χ1v) is 8.14. The van der Waals surface area contributed by atoms with E-state index >= 15 is 0 Å². The zero-order chi connectivity index (χ0) is 17.5. The average molecular weight is 386 g/mol. The molecule has 24 heavy (non-hydrogen) atoms. The second-order valence-electron chi connectivity index (χ2n) is 5.08. The molecular weight excluding hydrogens is 370 g/mol. The van der Waals surface area contributed by atoms with Gasteiger partial charge in [-0.25, -0.2) is 0 Å². The molecule has 0 saturated carbocycles. The first kappa shape index (κ1) is 17.7. The lowest BCUT2D eigenvalue weighted by Crippen LogP contribution is -2.32. The van der Waals surface area contributed by atoms with Gasteiger partial charge in [0.2, 0.25) is 11.8 Å². The Morgan fingerprint density at radius 1 is 1.17 bits per heavy atom. The molecule has 0 heterocycles. The predicted molar refractivity (Wildman–Crippen MR) is 96.6 cm³/mol. The van der Waals surface area contributed by atoms with E-state index in [1.54, 1.807) is 29.2 Å². The maximum Gasteiger partial charge on any atom is 0.226 e. The third-order valence-corrected chi connectivity index (χ3v) is 4.08. The van der Waals surface area contributed by atoms with Crippen molar-refractivity contribution in [2.75, 3.05) is 16.8 Å². The number of amides is 2. The van der Waals surface area contributed by atoms with Gasteiger partial charge in [-0.3, -0.25) is 9.59 Å². The molecule has 6 heteroatoms. The lowest BCUT2D eigenvalue weighted by atomic mass is 10.2. The van der Waals surface area contributed by atoms with Crippen LogP contribution in [0.5, 0.6) is 0 Å². The Balaban J connectivity index is 2.05. The maximum atomic E-state index is 12.2. The van der Waals surface area contributed by atoms with Crippen molar-refractivity contribution in [3.8, 4) is 6.07 Å². The van der Waals surface area contributed by atoms with Crippen LogP contribution in [0.4, 0.5) is 11.4 Å². The Bertz CT molecular complexity index is 799. The van der Waals surface area contributed by atoms with Crippen molar-refractivity contribution >= 4 is 39.1 Å². The summed E-state index contributed by atoms with van der Waals surface area (Å²) in [6.07, 6.45) is 0.126. The van der Waals surface area contributed by atoms with Gasteiger partial charge in [-0.05, 0) is 40.2 Å². The third kappa shape index (κ3) is 4.43. The van der Waals surface area contributed by atoms with Crippen LogP contribution in [0.1, 0.15) is 18.9 Å². The fraction of sp³-hybridized carbons (Fsp3) is 0.167. The summed E-state index contributed by atoms with van der Waals surface area (Å²) < 4.78 is 0.787. The quantitative estimate of drug-likeness (QED) is 0.852. The number of para-hydroxylation sites is 2. The van der Waals surface area contributed by atoms with Gasteiger partial charge in [0.15, 0.2) is 0 Å². The number of hydrogen-bond acceptors (Lipinski definition) is 3. The minimum absolute atomic E-state index is 0.126. The molecule has 0 aromatic heterocycles. The molecule has 0 aliphatic heterocycles. The Morgan fingerprint density at radius 2 is 1.83 bits per heavy atom. The first-order chi connectivity index (χ1) is 11.5. The summed E-state index contributed by atoms with van der Waals surface area (Å²) in [6, 6.07) is 16.2. The molecule has 5 nitrogen and oxygen atoms in total. The molecule has 0 aliphatic rings. The second kappa shape index (κ2) is 8.27. The summed E-state index contributed by atoms with van der Waals surface area (Å²) in [7, 11) is 0. The van der Waals surface area contributed by atoms with Gasteiger partial charge in [0, 0.05) is 24.4 Å². The third-order valence-electron chi connectivity index (χ3n) is 3.41. The second-order valence-corrected chi connectivity index (χ2v) is 5.93. The van der Waals surface area contributed by atoms with Crippen LogP contribution in [0.25, 0.3) is 0 Å². The standard InChI is InChI=1S/C18H16BrN3O2/c1-13(23)22(17-9-5-3-7-15(17)19)11-10-18(24)21-16-8-4-2-6-14(16)12-20/h2-9H,10-11H2,1H3,(H,21,24). The number of nitrogens with zero attached hydrogens (tertiary/aromatic N) is 2. The summed E-state index contributed by atoms with van der Waals surface area (Å²) in [5, 5.41) is 11.8. The lowest BCUT2D eigenvalue weighted by Gasteiger charge is -2.22. The van der Waals surface area contributed by atoms with Crippen LogP contribution in [0.15, 0.2) is 53.0 Å². The van der Waals surface area contributed by atoms with E-state index in [0.29, 0.717) is 11.3 Å². The number of nitriles is 1. The van der Waals surface area contributed by atoms with E-state index in [1.165, 1.54) is 6.92 Å². The molecule has 2 aromatic rings. The van der Waals surface area contributed by atoms with E-state index in [2.05, 4.69) is 21.2 Å². The number of nitrogens with one attached hydrogen (secondary N) is 1. The molecule has 122 valence electrons. The highest BCUT2D eigenvalue weighted by molar-refractivity contribution is 9.10. The minimum atomic E-state index is -0.254. The van der Waals surface area contributed by atoms with E-state index in [1.807, 2.05) is 30.3 Å². The smallest absolute Gasteiger partial charge is 0.226 e. The van der Waals surface area contributed by atoms with Crippen LogP contribution < -0.4 is 10.2 Å². The number of rotatable bonds is 5. The van der Waals surface area contributed by atoms with Crippen LogP contribution in [-0.2, 0) is 9.59 Å². The molecule has 0 aliphatic carbocycles. The van der Waals surface area contributed by atoms with Gasteiger partial charge in [0.1, 0.15) is 6.07 Å². The molecule has 0 saturated heterocycles. The van der Waals surface area contributed by atoms with E-state index in [4.69, 9.17) is 5.26 Å². The van der Waals surface area contributed by atoms with Crippen LogP contribution in [0.2, 0.25) is 0 Å². The van der Waals surface area contributed by atoms with Crippen LogP contribution in [0, 0.1) is 11.3 Å². The molecule has 2 aromatic carbocycles. The first-order valence-electron chi connectivity index (χ1n) is 7.34. The van der Waals surface area contributed by atoms with Crippen molar-refractivity contribution < 1.29 is 9.59 Å². The minimum Gasteiger partial charge on any atom is -0.325 e. The fourth-order valence-electron chi connectivity index (χ4n) is 2.23. The normalized spacial score (nSPS) is 9.88. The number of anilines is 2. The Morgan fingerprint density at radius 3 is 2.50 bits per heavy atom. The van der Waals surface area contributed by atoms with Gasteiger partial charge in [-0.1, -0.05) is 24.3 Å². The van der Waals surface area contributed by atoms with E-state index in [0.717, 1.165) is 10.2 Å². The molecule has 0 atom stereocenters. The zero-order valence-electron chi connectivity index (χ0n) is 13.1. The fourth-order valence-corrected chi connectivity index (χ4v) is 2.73. The topological polar surface area (TPSA) is 73.2 Å². The highest BCUT2D eigenvalue weighted by Crippen LogP contribution is 2.26. The summed E-state index contributed by atoms with van der Waals surface area (Å²) in [4.78, 5) is 25.6. The highest BCUT2D eigenvalue weighted by Gasteiger charge is 2.16. The highest BCUT2D eigenvalue weighted by atomic mass is 79.9. The summed E-state index contributed by atoms with van der Waals surface area (Å²) >= 11 is 3.41. The lowest BCUT2D eigenvalue weighted by molar-refractivity contribution is -0.117. The molecule has 2 amide bonds. The molecule has 0 fully saturated rings. The molecule has 0 spiro atoms. The van der Waals surface area contributed by atoms with Crippen molar-refractivity contribution in [2.24, 2.45) is 0 Å². The maximum absolute atomic E-state index is 12.2. The zero-order valence-corrected chi connectivity index (χ0v) is 14.7. The van der Waals surface area contributed by atoms with Gasteiger partial charge in [0.25, 0.3) is 0 Å². The Kier molecular flexibility index (Phi) is 6.10. The number of carbonyl (C=O) groups excluding carboxylic acids is 2. The predicted octanol–water partition coefficient (Wildman–Crippen LogP) is 3.70. The van der Waals surface area contributed by atoms with Crippen LogP contribution in [-0.4, -0.2) is 18.4 Å². The van der Waals surface area contributed by atoms with Gasteiger partial charge < -0.3 is 10.2 Å². The van der Waals surface area contributed by atoms with Crippen LogP contribution >= 0.6 is 15.9 Å². The van der Waals surface area contributed by atoms with E-state index in [9.17, 15) is 9.59 Å². The van der Waals surface area contributed by atoms with Gasteiger partial charge in [0.05, 0.1) is 16.9 Å². The summed E-state index contributed by atoms with van der Waals surface area (Å²) in [6.45, 7) is 1.71. The summed E-state index contributed by atoms with van der Waals surface area (Å²) in [5.74, 6) is -0.400. The number of benzene rings is 2. The van der Waals surface area contributed by atoms with Gasteiger partial charge in [-0.15, -0.1) is 0 Å². The molecule has 2 rings (SSSR count). The Hall–Kier alpha value is -2.65. The Labute approximate surface area is 149 Å². The molecule has 0 unspecified atom stereocenters. The van der Waals surface area contributed by atoms with Gasteiger partial charge >= 0.3 is 0 Å². The summed E-state index contributed by atoms with van der Waals surface area (Å²) in [5.41, 5.74) is 1.59. The molecular formula is C18H16BrN3O2. The largest absolute Gasteiger partial charge is 0.325 e. The van der Waals surface area contributed by atoms with Gasteiger partial charge in [-0.2, -0.15) is 5.26 Å². The average Bonchev–Trinajstić information content (AvgIpc) is 2.57. The molecule has 0 bridgehead atoms. The van der Waals surface area contributed by atoms with E-state index < -0.39 is 0 Å². The van der Waals surface area contributed by atoms with Crippen molar-refractivity contribution in [1.82, 2.24) is 0 Å². The monoisotopic (exact) mass is 385 g/mol. The van der Waals surface area contributed by atoms with Crippen molar-refractivity contribution in [1.29, 1.82) is 5.26 Å². The number of carbonyl (C=O) groups is 2. The molecule has 1 N–H and O–H groups in total. The molecule has 0 radical (unpaired) electrons. The number of hydrogen-bond donors (Lipinski definition) is 1. The van der Waals surface area contributed by atoms with Crippen molar-refractivity contribution in [3.05, 3.63) is 58.6 Å². The number of halogens is 1.